The Morgan fingerprint density at radius 1 is 1.17 bits per heavy atom. The maximum absolute atomic E-state index is 9.85. The Morgan fingerprint density at radius 3 is 2.44 bits per heavy atom. The number of aromatic hydroxyl groups is 1. The summed E-state index contributed by atoms with van der Waals surface area (Å²) >= 11 is 0. The first-order chi connectivity index (χ1) is 8.74. The third kappa shape index (κ3) is 2.88. The van der Waals surface area contributed by atoms with E-state index in [-0.39, 0.29) is 5.75 Å². The summed E-state index contributed by atoms with van der Waals surface area (Å²) in [4.78, 5) is 0. The molecule has 0 saturated carbocycles. The minimum atomic E-state index is 0.183. The first-order valence-corrected chi connectivity index (χ1v) is 6.39. The van der Waals surface area contributed by atoms with Crippen LogP contribution in [0.4, 0.5) is 0 Å². The summed E-state index contributed by atoms with van der Waals surface area (Å²) in [6.45, 7) is 2.16. The third-order valence-electron chi connectivity index (χ3n) is 3.55. The summed E-state index contributed by atoms with van der Waals surface area (Å²) in [5, 5.41) is 13.2. The Kier molecular flexibility index (Phi) is 4.31. The highest BCUT2D eigenvalue weighted by Gasteiger charge is 2.17. The molecule has 0 bridgehead atoms. The molecule has 2 rings (SSSR count). The van der Waals surface area contributed by atoms with Crippen LogP contribution in [0.2, 0.25) is 0 Å². The molecule has 100 valence electrons. The molecule has 4 heteroatoms. The van der Waals surface area contributed by atoms with Gasteiger partial charge in [0.05, 0.1) is 14.2 Å². The lowest BCUT2D eigenvalue weighted by Gasteiger charge is -2.23. The zero-order chi connectivity index (χ0) is 13.0. The zero-order valence-corrected chi connectivity index (χ0v) is 11.0. The number of rotatable bonds is 4. The van der Waals surface area contributed by atoms with Crippen LogP contribution in [0.25, 0.3) is 0 Å². The molecule has 0 atom stereocenters. The molecule has 1 heterocycles. The summed E-state index contributed by atoms with van der Waals surface area (Å²) in [6, 6.07) is 3.52. The summed E-state index contributed by atoms with van der Waals surface area (Å²) in [5.41, 5.74) is 1.06. The van der Waals surface area contributed by atoms with Gasteiger partial charge in [-0.05, 0) is 49.9 Å². The van der Waals surface area contributed by atoms with E-state index in [2.05, 4.69) is 5.32 Å². The Balaban J connectivity index is 2.17. The molecule has 0 aromatic heterocycles. The predicted molar refractivity (Wildman–Crippen MR) is 70.5 cm³/mol. The molecule has 4 nitrogen and oxygen atoms in total. The van der Waals surface area contributed by atoms with Crippen LogP contribution in [0.15, 0.2) is 12.1 Å². The van der Waals surface area contributed by atoms with Crippen molar-refractivity contribution in [3.8, 4) is 17.2 Å². The summed E-state index contributed by atoms with van der Waals surface area (Å²) < 4.78 is 10.5. The first kappa shape index (κ1) is 13.0. The minimum Gasteiger partial charge on any atom is -0.504 e. The average molecular weight is 251 g/mol. The summed E-state index contributed by atoms with van der Waals surface area (Å²) in [6.07, 6.45) is 3.30. The van der Waals surface area contributed by atoms with Crippen LogP contribution in [0.1, 0.15) is 18.4 Å². The Morgan fingerprint density at radius 2 is 1.83 bits per heavy atom. The molecule has 1 fully saturated rings. The first-order valence-electron chi connectivity index (χ1n) is 6.39. The van der Waals surface area contributed by atoms with Gasteiger partial charge < -0.3 is 19.9 Å². The van der Waals surface area contributed by atoms with Crippen molar-refractivity contribution in [3.05, 3.63) is 17.7 Å². The number of methoxy groups -OCH3 is 2. The van der Waals surface area contributed by atoms with Gasteiger partial charge in [-0.15, -0.1) is 0 Å². The summed E-state index contributed by atoms with van der Waals surface area (Å²) in [7, 11) is 3.19. The van der Waals surface area contributed by atoms with Crippen LogP contribution in [0, 0.1) is 5.92 Å². The average Bonchev–Trinajstić information content (AvgIpc) is 2.40. The van der Waals surface area contributed by atoms with Gasteiger partial charge >= 0.3 is 0 Å². The second kappa shape index (κ2) is 5.96. The van der Waals surface area contributed by atoms with Gasteiger partial charge in [0.2, 0.25) is 0 Å². The Hall–Kier alpha value is -1.42. The zero-order valence-electron chi connectivity index (χ0n) is 11.0. The molecule has 1 aliphatic heterocycles. The van der Waals surface area contributed by atoms with Crippen LogP contribution in [0.3, 0.4) is 0 Å². The Labute approximate surface area is 108 Å². The highest BCUT2D eigenvalue weighted by Crippen LogP contribution is 2.35. The van der Waals surface area contributed by atoms with Gasteiger partial charge in [-0.25, -0.2) is 0 Å². The van der Waals surface area contributed by atoms with Gasteiger partial charge in [0.15, 0.2) is 11.5 Å². The van der Waals surface area contributed by atoms with E-state index in [0.29, 0.717) is 11.7 Å². The molecule has 1 aromatic carbocycles. The fourth-order valence-corrected chi connectivity index (χ4v) is 2.50. The number of piperidine rings is 1. The largest absolute Gasteiger partial charge is 0.504 e. The molecule has 2 N–H and O–H groups in total. The number of benzene rings is 1. The number of nitrogens with one attached hydrogen (secondary N) is 1. The van der Waals surface area contributed by atoms with E-state index in [1.165, 1.54) is 12.8 Å². The second-order valence-electron chi connectivity index (χ2n) is 4.73. The monoisotopic (exact) mass is 251 g/mol. The number of ether oxygens (including phenoxy) is 2. The number of hydrogen-bond donors (Lipinski definition) is 2. The highest BCUT2D eigenvalue weighted by molar-refractivity contribution is 5.50. The number of hydrogen-bond acceptors (Lipinski definition) is 4. The molecule has 0 amide bonds. The van der Waals surface area contributed by atoms with Crippen molar-refractivity contribution < 1.29 is 14.6 Å². The van der Waals surface area contributed by atoms with E-state index in [0.717, 1.165) is 30.8 Å². The minimum absolute atomic E-state index is 0.183. The molecular weight excluding hydrogens is 230 g/mol. The van der Waals surface area contributed by atoms with Crippen molar-refractivity contribution in [1.82, 2.24) is 5.32 Å². The predicted octanol–water partition coefficient (Wildman–Crippen LogP) is 1.95. The number of phenolic OH excluding ortho intramolecular Hbond substituents is 1. The summed E-state index contributed by atoms with van der Waals surface area (Å²) in [5.74, 6) is 2.10. The van der Waals surface area contributed by atoms with Crippen molar-refractivity contribution in [2.45, 2.75) is 19.3 Å². The van der Waals surface area contributed by atoms with Crippen LogP contribution in [-0.2, 0) is 6.42 Å². The maximum Gasteiger partial charge on any atom is 0.164 e. The van der Waals surface area contributed by atoms with E-state index in [4.69, 9.17) is 9.47 Å². The van der Waals surface area contributed by atoms with Crippen molar-refractivity contribution in [2.75, 3.05) is 27.3 Å². The van der Waals surface area contributed by atoms with E-state index in [1.54, 1.807) is 26.4 Å². The van der Waals surface area contributed by atoms with Gasteiger partial charge in [0.25, 0.3) is 0 Å². The quantitative estimate of drug-likeness (QED) is 0.859. The van der Waals surface area contributed by atoms with Crippen LogP contribution in [-0.4, -0.2) is 32.4 Å². The van der Waals surface area contributed by atoms with E-state index >= 15 is 0 Å². The SMILES string of the molecule is COc1cc(OC)c(CC2CCNCC2)cc1O. The van der Waals surface area contributed by atoms with Crippen molar-refractivity contribution in [1.29, 1.82) is 0 Å². The fraction of sp³-hybridized carbons (Fsp3) is 0.571. The molecule has 0 unspecified atom stereocenters. The standard InChI is InChI=1S/C14H21NO3/c1-17-13-9-14(18-2)12(16)8-11(13)7-10-3-5-15-6-4-10/h8-10,15-16H,3-7H2,1-2H3. The molecule has 1 saturated heterocycles. The molecule has 0 aliphatic carbocycles. The van der Waals surface area contributed by atoms with E-state index in [1.807, 2.05) is 0 Å². The van der Waals surface area contributed by atoms with Crippen molar-refractivity contribution in [2.24, 2.45) is 5.92 Å². The van der Waals surface area contributed by atoms with Crippen LogP contribution < -0.4 is 14.8 Å². The normalized spacial score (nSPS) is 16.6. The third-order valence-corrected chi connectivity index (χ3v) is 3.55. The number of phenols is 1. The highest BCUT2D eigenvalue weighted by atomic mass is 16.5. The molecule has 18 heavy (non-hydrogen) atoms. The molecule has 0 spiro atoms. The van der Waals surface area contributed by atoms with Crippen molar-refractivity contribution in [3.63, 3.8) is 0 Å². The van der Waals surface area contributed by atoms with Gasteiger partial charge in [-0.1, -0.05) is 0 Å². The van der Waals surface area contributed by atoms with Gasteiger partial charge in [0.1, 0.15) is 5.75 Å². The lowest BCUT2D eigenvalue weighted by atomic mass is 9.90. The topological polar surface area (TPSA) is 50.7 Å². The maximum atomic E-state index is 9.85. The van der Waals surface area contributed by atoms with E-state index < -0.39 is 0 Å². The molecule has 1 aliphatic rings. The van der Waals surface area contributed by atoms with Gasteiger partial charge in [-0.2, -0.15) is 0 Å². The smallest absolute Gasteiger partial charge is 0.164 e. The second-order valence-corrected chi connectivity index (χ2v) is 4.73. The van der Waals surface area contributed by atoms with Gasteiger partial charge in [-0.3, -0.25) is 0 Å². The van der Waals surface area contributed by atoms with E-state index in [9.17, 15) is 5.11 Å². The molecular formula is C14H21NO3. The van der Waals surface area contributed by atoms with Crippen LogP contribution in [0.5, 0.6) is 17.2 Å². The van der Waals surface area contributed by atoms with Gasteiger partial charge in [0, 0.05) is 6.07 Å². The van der Waals surface area contributed by atoms with Crippen LogP contribution >= 0.6 is 0 Å². The fourth-order valence-electron chi connectivity index (χ4n) is 2.50. The van der Waals surface area contributed by atoms with Crippen molar-refractivity contribution >= 4 is 0 Å². The lowest BCUT2D eigenvalue weighted by Crippen LogP contribution is -2.28. The molecule has 0 radical (unpaired) electrons. The molecule has 1 aromatic rings. The Bertz CT molecular complexity index is 400. The lowest BCUT2D eigenvalue weighted by molar-refractivity contribution is 0.349.